The summed E-state index contributed by atoms with van der Waals surface area (Å²) < 4.78 is 10.6. The summed E-state index contributed by atoms with van der Waals surface area (Å²) >= 11 is 11.7. The first kappa shape index (κ1) is 16.6. The Bertz CT molecular complexity index is 975. The minimum absolute atomic E-state index is 0.0640. The molecule has 0 saturated carbocycles. The molecule has 3 aromatic rings. The second kappa shape index (κ2) is 6.67. The number of carbonyl (C=O) groups excluding carboxylic acids is 1. The van der Waals surface area contributed by atoms with Crippen molar-refractivity contribution < 1.29 is 13.9 Å². The molecule has 0 N–H and O–H groups in total. The van der Waals surface area contributed by atoms with Gasteiger partial charge in [-0.2, -0.15) is 0 Å². The smallest absolute Gasteiger partial charge is 0.355 e. The van der Waals surface area contributed by atoms with Crippen LogP contribution < -0.4 is 10.4 Å². The second-order valence-electron chi connectivity index (χ2n) is 5.21. The predicted molar refractivity (Wildman–Crippen MR) is 93.5 cm³/mol. The lowest BCUT2D eigenvalue weighted by molar-refractivity contribution is 0.0921. The van der Waals surface area contributed by atoms with Gasteiger partial charge in [-0.15, -0.1) is 0 Å². The zero-order chi connectivity index (χ0) is 17.3. The lowest BCUT2D eigenvalue weighted by Gasteiger charge is -2.08. The van der Waals surface area contributed by atoms with Crippen LogP contribution in [-0.4, -0.2) is 12.4 Å². The second-order valence-corrected chi connectivity index (χ2v) is 6.02. The average Bonchev–Trinajstić information content (AvgIpc) is 2.58. The molecular weight excluding hydrogens is 351 g/mol. The maximum atomic E-state index is 12.1. The molecule has 0 atom stereocenters. The fraction of sp³-hybridized carbons (Fsp3) is 0.111. The van der Waals surface area contributed by atoms with E-state index < -0.39 is 5.63 Å². The van der Waals surface area contributed by atoms with Gasteiger partial charge in [0.2, 0.25) is 0 Å². The van der Waals surface area contributed by atoms with Gasteiger partial charge >= 0.3 is 5.63 Å². The van der Waals surface area contributed by atoms with Crippen LogP contribution in [0.2, 0.25) is 10.0 Å². The Kier molecular flexibility index (Phi) is 4.60. The van der Waals surface area contributed by atoms with Crippen LogP contribution in [0.4, 0.5) is 0 Å². The molecule has 1 heterocycles. The van der Waals surface area contributed by atoms with Crippen LogP contribution in [0, 0.1) is 6.92 Å². The summed E-state index contributed by atoms with van der Waals surface area (Å²) in [6.45, 7) is 1.61. The molecule has 0 fully saturated rings. The zero-order valence-electron chi connectivity index (χ0n) is 12.6. The van der Waals surface area contributed by atoms with Gasteiger partial charge in [0.1, 0.15) is 16.4 Å². The van der Waals surface area contributed by atoms with Gasteiger partial charge in [0.15, 0.2) is 12.4 Å². The van der Waals surface area contributed by atoms with Crippen LogP contribution in [-0.2, 0) is 0 Å². The third kappa shape index (κ3) is 3.30. The molecule has 0 aliphatic carbocycles. The van der Waals surface area contributed by atoms with E-state index in [1.54, 1.807) is 49.4 Å². The number of ether oxygens (including phenoxy) is 1. The van der Waals surface area contributed by atoms with Gasteiger partial charge in [0.05, 0.1) is 0 Å². The van der Waals surface area contributed by atoms with E-state index in [2.05, 4.69) is 0 Å². The third-order valence-corrected chi connectivity index (χ3v) is 4.29. The Balaban J connectivity index is 1.80. The fourth-order valence-electron chi connectivity index (χ4n) is 2.27. The van der Waals surface area contributed by atoms with E-state index in [-0.39, 0.29) is 17.4 Å². The highest BCUT2D eigenvalue weighted by Gasteiger charge is 2.11. The first-order chi connectivity index (χ1) is 11.5. The Morgan fingerprint density at radius 1 is 1.12 bits per heavy atom. The van der Waals surface area contributed by atoms with E-state index in [1.165, 1.54) is 0 Å². The molecule has 0 spiro atoms. The van der Waals surface area contributed by atoms with Crippen LogP contribution in [0.25, 0.3) is 11.0 Å². The minimum atomic E-state index is -0.601. The molecule has 24 heavy (non-hydrogen) atoms. The van der Waals surface area contributed by atoms with Crippen LogP contribution in [0.5, 0.6) is 5.75 Å². The summed E-state index contributed by atoms with van der Waals surface area (Å²) in [4.78, 5) is 23.7. The Morgan fingerprint density at radius 2 is 1.83 bits per heavy atom. The van der Waals surface area contributed by atoms with Gasteiger partial charge in [-0.3, -0.25) is 4.79 Å². The molecule has 0 unspecified atom stereocenters. The molecule has 0 aliphatic heterocycles. The zero-order valence-corrected chi connectivity index (χ0v) is 14.1. The first-order valence-electron chi connectivity index (χ1n) is 7.10. The normalized spacial score (nSPS) is 10.8. The van der Waals surface area contributed by atoms with Gasteiger partial charge in [-0.25, -0.2) is 4.79 Å². The summed E-state index contributed by atoms with van der Waals surface area (Å²) in [5.74, 6) is 0.246. The molecular formula is C18H12Cl2O4. The van der Waals surface area contributed by atoms with E-state index in [0.29, 0.717) is 27.5 Å². The lowest BCUT2D eigenvalue weighted by Crippen LogP contribution is -2.11. The molecule has 0 saturated heterocycles. The van der Waals surface area contributed by atoms with Crippen molar-refractivity contribution in [2.24, 2.45) is 0 Å². The monoisotopic (exact) mass is 362 g/mol. The van der Waals surface area contributed by atoms with Crippen molar-refractivity contribution in [1.29, 1.82) is 0 Å². The van der Waals surface area contributed by atoms with Gasteiger partial charge < -0.3 is 9.15 Å². The van der Waals surface area contributed by atoms with Gasteiger partial charge in [0.25, 0.3) is 0 Å². The van der Waals surface area contributed by atoms with Crippen molar-refractivity contribution >= 4 is 40.0 Å². The molecule has 0 radical (unpaired) electrons. The summed E-state index contributed by atoms with van der Waals surface area (Å²) in [7, 11) is 0. The van der Waals surface area contributed by atoms with E-state index in [4.69, 9.17) is 32.4 Å². The van der Waals surface area contributed by atoms with E-state index in [0.717, 1.165) is 5.39 Å². The highest BCUT2D eigenvalue weighted by atomic mass is 35.5. The fourth-order valence-corrected chi connectivity index (χ4v) is 2.54. The number of hydrogen-bond acceptors (Lipinski definition) is 4. The number of rotatable bonds is 4. The summed E-state index contributed by atoms with van der Waals surface area (Å²) in [5.41, 5.74) is 0.912. The molecule has 0 amide bonds. The van der Waals surface area contributed by atoms with Crippen molar-refractivity contribution in [3.63, 3.8) is 0 Å². The quantitative estimate of drug-likeness (QED) is 0.499. The number of aryl methyl sites for hydroxylation is 1. The topological polar surface area (TPSA) is 56.5 Å². The van der Waals surface area contributed by atoms with Gasteiger partial charge in [-0.05, 0) is 48.9 Å². The Labute approximate surface area is 147 Å². The molecule has 6 heteroatoms. The van der Waals surface area contributed by atoms with Crippen LogP contribution in [0.1, 0.15) is 15.9 Å². The maximum Gasteiger partial charge on any atom is 0.355 e. The average molecular weight is 363 g/mol. The van der Waals surface area contributed by atoms with Crippen LogP contribution in [0.15, 0.2) is 51.7 Å². The standard InChI is InChI=1S/C18H12Cl2O4/c1-10-14-7-6-13(8-16(14)24-18(22)17(10)20)23-9-15(21)11-2-4-12(19)5-3-11/h2-8H,9H2,1H3. The summed E-state index contributed by atoms with van der Waals surface area (Å²) in [6, 6.07) is 11.6. The lowest BCUT2D eigenvalue weighted by atomic mass is 10.1. The number of ketones is 1. The largest absolute Gasteiger partial charge is 0.485 e. The Morgan fingerprint density at radius 3 is 2.54 bits per heavy atom. The van der Waals surface area contributed by atoms with E-state index in [9.17, 15) is 9.59 Å². The number of fused-ring (bicyclic) bond motifs is 1. The third-order valence-electron chi connectivity index (χ3n) is 3.60. The number of Topliss-reactive ketones (excluding diaryl/α,β-unsaturated/α-hetero) is 1. The van der Waals surface area contributed by atoms with Crippen molar-refractivity contribution in [3.05, 3.63) is 74.1 Å². The molecule has 3 rings (SSSR count). The van der Waals surface area contributed by atoms with Crippen LogP contribution in [0.3, 0.4) is 0 Å². The molecule has 1 aromatic heterocycles. The van der Waals surface area contributed by atoms with Crippen LogP contribution >= 0.6 is 23.2 Å². The molecule has 122 valence electrons. The van der Waals surface area contributed by atoms with Gasteiger partial charge in [-0.1, -0.05) is 23.2 Å². The van der Waals surface area contributed by atoms with E-state index >= 15 is 0 Å². The van der Waals surface area contributed by atoms with Crippen molar-refractivity contribution in [2.75, 3.05) is 6.61 Å². The number of hydrogen-bond donors (Lipinski definition) is 0. The maximum absolute atomic E-state index is 12.1. The highest BCUT2D eigenvalue weighted by molar-refractivity contribution is 6.31. The SMILES string of the molecule is Cc1c(Cl)c(=O)oc2cc(OCC(=O)c3ccc(Cl)cc3)ccc12. The molecule has 4 nitrogen and oxygen atoms in total. The first-order valence-corrected chi connectivity index (χ1v) is 7.86. The summed E-state index contributed by atoms with van der Waals surface area (Å²) in [6.07, 6.45) is 0. The van der Waals surface area contributed by atoms with Crippen molar-refractivity contribution in [2.45, 2.75) is 6.92 Å². The number of halogens is 2. The molecule has 0 aliphatic rings. The Hall–Kier alpha value is -2.30. The van der Waals surface area contributed by atoms with Gasteiger partial charge in [0, 0.05) is 22.0 Å². The van der Waals surface area contributed by atoms with Crippen molar-refractivity contribution in [1.82, 2.24) is 0 Å². The number of carbonyl (C=O) groups is 1. The molecule has 2 aromatic carbocycles. The predicted octanol–water partition coefficient (Wildman–Crippen LogP) is 4.67. The van der Waals surface area contributed by atoms with E-state index in [1.807, 2.05) is 0 Å². The summed E-state index contributed by atoms with van der Waals surface area (Å²) in [5, 5.41) is 1.34. The highest BCUT2D eigenvalue weighted by Crippen LogP contribution is 2.26. The number of benzene rings is 2. The van der Waals surface area contributed by atoms with Crippen molar-refractivity contribution in [3.8, 4) is 5.75 Å². The molecule has 0 bridgehead atoms. The minimum Gasteiger partial charge on any atom is -0.485 e.